The van der Waals surface area contributed by atoms with Crippen molar-refractivity contribution in [3.63, 3.8) is 0 Å². The summed E-state index contributed by atoms with van der Waals surface area (Å²) in [4.78, 5) is 8.49. The second-order valence-electron chi connectivity index (χ2n) is 5.89. The Morgan fingerprint density at radius 2 is 2.24 bits per heavy atom. The summed E-state index contributed by atoms with van der Waals surface area (Å²) in [5, 5.41) is 0.705. The zero-order chi connectivity index (χ0) is 14.6. The number of anilines is 1. The number of benzene rings is 1. The highest BCUT2D eigenvalue weighted by Gasteiger charge is 2.46. The van der Waals surface area contributed by atoms with Crippen molar-refractivity contribution in [3.05, 3.63) is 40.4 Å². The number of thiazole rings is 1. The van der Waals surface area contributed by atoms with Crippen LogP contribution < -0.4 is 10.5 Å². The second kappa shape index (κ2) is 4.71. The van der Waals surface area contributed by atoms with Gasteiger partial charge in [-0.3, -0.25) is 4.90 Å². The van der Waals surface area contributed by atoms with Gasteiger partial charge in [-0.2, -0.15) is 0 Å². The van der Waals surface area contributed by atoms with Crippen LogP contribution in [0.2, 0.25) is 0 Å². The molecule has 5 rings (SSSR count). The van der Waals surface area contributed by atoms with Crippen molar-refractivity contribution in [3.8, 4) is 5.75 Å². The molecule has 3 unspecified atom stereocenters. The van der Waals surface area contributed by atoms with E-state index < -0.39 is 0 Å². The lowest BCUT2D eigenvalue weighted by Gasteiger charge is -2.48. The van der Waals surface area contributed by atoms with Crippen LogP contribution in [0.4, 0.5) is 5.13 Å². The van der Waals surface area contributed by atoms with E-state index >= 15 is 0 Å². The highest BCUT2D eigenvalue weighted by atomic mass is 32.1. The number of fused-ring (bicyclic) bond motifs is 2. The number of nitrogen functional groups attached to an aromatic ring is 1. The second-order valence-corrected chi connectivity index (χ2v) is 6.95. The van der Waals surface area contributed by atoms with E-state index in [0.29, 0.717) is 23.1 Å². The Kier molecular flexibility index (Phi) is 2.94. The van der Waals surface area contributed by atoms with Crippen molar-refractivity contribution in [2.45, 2.75) is 30.8 Å². The Hall–Kier alpha value is -1.59. The van der Waals surface area contributed by atoms with Gasteiger partial charge in [0.1, 0.15) is 5.75 Å². The van der Waals surface area contributed by atoms with E-state index in [-0.39, 0.29) is 0 Å². The lowest BCUT2D eigenvalue weighted by Crippen LogP contribution is -2.42. The van der Waals surface area contributed by atoms with Crippen molar-refractivity contribution >= 4 is 16.5 Å². The first-order valence-corrected chi connectivity index (χ1v) is 8.12. The smallest absolute Gasteiger partial charge is 0.180 e. The normalized spacial score (nSPS) is 27.6. The fourth-order valence-electron chi connectivity index (χ4n) is 3.94. The largest absolute Gasteiger partial charge is 0.497 e. The molecule has 2 aromatic rings. The third-order valence-corrected chi connectivity index (χ3v) is 5.85. The van der Waals surface area contributed by atoms with Crippen LogP contribution >= 0.6 is 11.3 Å². The Labute approximate surface area is 128 Å². The summed E-state index contributed by atoms with van der Waals surface area (Å²) in [6.45, 7) is 0. The number of nitrogens with two attached hydrogens (primary N) is 1. The predicted octanol–water partition coefficient (Wildman–Crippen LogP) is 3.34. The highest BCUT2D eigenvalue weighted by Crippen LogP contribution is 2.56. The first kappa shape index (κ1) is 13.1. The molecule has 0 spiro atoms. The molecule has 2 aliphatic heterocycles. The van der Waals surface area contributed by atoms with Crippen LogP contribution in [-0.2, 0) is 0 Å². The summed E-state index contributed by atoms with van der Waals surface area (Å²) in [5.41, 5.74) is 8.50. The Bertz CT molecular complexity index is 684. The van der Waals surface area contributed by atoms with E-state index in [9.17, 15) is 0 Å². The topological polar surface area (TPSA) is 51.4 Å². The van der Waals surface area contributed by atoms with Gasteiger partial charge in [0.05, 0.1) is 12.8 Å². The van der Waals surface area contributed by atoms with Crippen LogP contribution in [-0.4, -0.2) is 24.0 Å². The van der Waals surface area contributed by atoms with Crippen LogP contribution in [0.3, 0.4) is 0 Å². The van der Waals surface area contributed by atoms with Gasteiger partial charge >= 0.3 is 0 Å². The third-order valence-electron chi connectivity index (χ3n) is 4.85. The number of hydrogen-bond donors (Lipinski definition) is 1. The zero-order valence-corrected chi connectivity index (χ0v) is 13.1. The van der Waals surface area contributed by atoms with Crippen molar-refractivity contribution < 1.29 is 4.74 Å². The van der Waals surface area contributed by atoms with E-state index in [1.54, 1.807) is 18.4 Å². The minimum absolute atomic E-state index is 0.368. The molecule has 2 bridgehead atoms. The molecular formula is C16H19N3OS. The molecular weight excluding hydrogens is 282 g/mol. The number of rotatable bonds is 2. The van der Waals surface area contributed by atoms with Crippen LogP contribution in [0.15, 0.2) is 24.3 Å². The van der Waals surface area contributed by atoms with Crippen LogP contribution in [0.25, 0.3) is 0 Å². The molecule has 4 nitrogen and oxygen atoms in total. The van der Waals surface area contributed by atoms with Gasteiger partial charge in [0.25, 0.3) is 0 Å². The molecule has 1 aromatic carbocycles. The molecule has 1 aliphatic carbocycles. The molecule has 0 saturated carbocycles. The van der Waals surface area contributed by atoms with Gasteiger partial charge in [-0.05, 0) is 37.6 Å². The van der Waals surface area contributed by atoms with Crippen molar-refractivity contribution in [1.29, 1.82) is 0 Å². The third kappa shape index (κ3) is 1.88. The number of aromatic nitrogens is 1. The van der Waals surface area contributed by atoms with Crippen LogP contribution in [0, 0.1) is 0 Å². The number of hydrogen-bond acceptors (Lipinski definition) is 5. The van der Waals surface area contributed by atoms with Gasteiger partial charge in [0.15, 0.2) is 5.13 Å². The van der Waals surface area contributed by atoms with Crippen LogP contribution in [0.5, 0.6) is 5.75 Å². The number of piperidine rings is 1. The molecule has 0 amide bonds. The maximum Gasteiger partial charge on any atom is 0.180 e. The molecule has 0 radical (unpaired) electrons. The predicted molar refractivity (Wildman–Crippen MR) is 84.7 cm³/mol. The molecule has 3 aliphatic rings. The first-order valence-electron chi connectivity index (χ1n) is 7.31. The average molecular weight is 301 g/mol. The summed E-state index contributed by atoms with van der Waals surface area (Å²) in [6, 6.07) is 9.23. The van der Waals surface area contributed by atoms with E-state index in [1.807, 2.05) is 6.07 Å². The van der Waals surface area contributed by atoms with Crippen LogP contribution in [0.1, 0.15) is 47.0 Å². The average Bonchev–Trinajstić information content (AvgIpc) is 2.90. The fraction of sp³-hybridized carbons (Fsp3) is 0.438. The maximum absolute atomic E-state index is 5.95. The van der Waals surface area contributed by atoms with Gasteiger partial charge < -0.3 is 10.5 Å². The Morgan fingerprint density at radius 3 is 3.05 bits per heavy atom. The molecule has 5 heteroatoms. The number of nitrogens with zero attached hydrogens (tertiary/aromatic N) is 2. The molecule has 3 heterocycles. The molecule has 1 aromatic heterocycles. The van der Waals surface area contributed by atoms with Gasteiger partial charge in [-0.15, -0.1) is 11.3 Å². The first-order chi connectivity index (χ1) is 10.2. The van der Waals surface area contributed by atoms with E-state index in [0.717, 1.165) is 5.75 Å². The summed E-state index contributed by atoms with van der Waals surface area (Å²) < 4.78 is 5.38. The summed E-state index contributed by atoms with van der Waals surface area (Å²) in [5.74, 6) is 1.36. The van der Waals surface area contributed by atoms with Gasteiger partial charge in [0.2, 0.25) is 0 Å². The summed E-state index contributed by atoms with van der Waals surface area (Å²) in [6.07, 6.45) is 2.39. The number of ether oxygens (including phenoxy) is 1. The summed E-state index contributed by atoms with van der Waals surface area (Å²) >= 11 is 1.66. The lowest BCUT2D eigenvalue weighted by molar-refractivity contribution is 0.0746. The lowest BCUT2D eigenvalue weighted by atomic mass is 9.74. The summed E-state index contributed by atoms with van der Waals surface area (Å²) in [7, 11) is 3.94. The minimum Gasteiger partial charge on any atom is -0.497 e. The molecule has 2 N–H and O–H groups in total. The highest BCUT2D eigenvalue weighted by molar-refractivity contribution is 7.15. The monoisotopic (exact) mass is 301 g/mol. The standard InChI is InChI=1S/C16H19N3OS/c1-19-12-7-6-11(13-15(12)21-16(17)18-13)14(19)9-4-3-5-10(8-9)20-2/h3-5,8,11-12,14H,6-7H2,1-2H3,(H2,17,18). The Morgan fingerprint density at radius 1 is 1.38 bits per heavy atom. The molecule has 1 saturated heterocycles. The SMILES string of the molecule is COc1cccc(C2C3CCC(c4sc(N)nc43)N2C)c1. The minimum atomic E-state index is 0.368. The van der Waals surface area contributed by atoms with Crippen molar-refractivity contribution in [2.75, 3.05) is 19.9 Å². The number of likely N-dealkylation sites (N-methyl/N-ethyl adjacent to an activating group) is 1. The molecule has 110 valence electrons. The maximum atomic E-state index is 5.95. The van der Waals surface area contributed by atoms with Gasteiger partial charge in [-0.1, -0.05) is 12.1 Å². The van der Waals surface area contributed by atoms with Gasteiger partial charge in [-0.25, -0.2) is 4.98 Å². The molecule has 3 atom stereocenters. The number of methoxy groups -OCH3 is 1. The van der Waals surface area contributed by atoms with Crippen molar-refractivity contribution in [2.24, 2.45) is 0 Å². The Balaban J connectivity index is 1.80. The van der Waals surface area contributed by atoms with Gasteiger partial charge in [0, 0.05) is 22.9 Å². The van der Waals surface area contributed by atoms with Crippen molar-refractivity contribution in [1.82, 2.24) is 9.88 Å². The zero-order valence-electron chi connectivity index (χ0n) is 12.2. The fourth-order valence-corrected chi connectivity index (χ4v) is 5.03. The quantitative estimate of drug-likeness (QED) is 0.924. The molecule has 1 fully saturated rings. The van der Waals surface area contributed by atoms with E-state index in [2.05, 4.69) is 35.1 Å². The molecule has 21 heavy (non-hydrogen) atoms. The van der Waals surface area contributed by atoms with E-state index in [1.165, 1.54) is 29.0 Å². The van der Waals surface area contributed by atoms with E-state index in [4.69, 9.17) is 10.5 Å².